The highest BCUT2D eigenvalue weighted by Gasteiger charge is 2.24. The smallest absolute Gasteiger partial charge is 0.182 e. The van der Waals surface area contributed by atoms with E-state index in [2.05, 4.69) is 30.2 Å². The minimum atomic E-state index is 0.702. The van der Waals surface area contributed by atoms with Crippen molar-refractivity contribution >= 4 is 17.0 Å². The predicted octanol–water partition coefficient (Wildman–Crippen LogP) is 0.399. The molecule has 0 saturated carbocycles. The van der Waals surface area contributed by atoms with Crippen LogP contribution in [0.3, 0.4) is 0 Å². The summed E-state index contributed by atoms with van der Waals surface area (Å²) in [6.45, 7) is 3.16. The Morgan fingerprint density at radius 2 is 2.41 bits per heavy atom. The van der Waals surface area contributed by atoms with Gasteiger partial charge in [-0.25, -0.2) is 15.0 Å². The molecule has 17 heavy (non-hydrogen) atoms. The van der Waals surface area contributed by atoms with E-state index in [1.54, 1.807) is 12.7 Å². The van der Waals surface area contributed by atoms with Crippen LogP contribution in [0.25, 0.3) is 11.2 Å². The van der Waals surface area contributed by atoms with E-state index in [9.17, 15) is 0 Å². The van der Waals surface area contributed by atoms with Crippen molar-refractivity contribution < 1.29 is 0 Å². The topological polar surface area (TPSA) is 69.7 Å². The molecule has 6 heteroatoms. The van der Waals surface area contributed by atoms with Crippen LogP contribution >= 0.6 is 0 Å². The zero-order valence-electron chi connectivity index (χ0n) is 9.85. The van der Waals surface area contributed by atoms with Gasteiger partial charge in [0, 0.05) is 13.1 Å². The van der Waals surface area contributed by atoms with Crippen LogP contribution in [0.2, 0.25) is 0 Å². The lowest BCUT2D eigenvalue weighted by molar-refractivity contribution is 0.549. The van der Waals surface area contributed by atoms with Gasteiger partial charge >= 0.3 is 0 Å². The quantitative estimate of drug-likeness (QED) is 0.801. The van der Waals surface area contributed by atoms with Crippen LogP contribution in [0, 0.1) is 5.92 Å². The molecular weight excluding hydrogens is 216 g/mol. The number of fused-ring (bicyclic) bond motifs is 1. The molecule has 2 aromatic heterocycles. The van der Waals surface area contributed by atoms with Crippen LogP contribution in [0.4, 0.5) is 5.82 Å². The van der Waals surface area contributed by atoms with Crippen LogP contribution in [0.15, 0.2) is 12.7 Å². The Bertz CT molecular complexity index is 507. The lowest BCUT2D eigenvalue weighted by Gasteiger charge is -2.17. The van der Waals surface area contributed by atoms with Crippen molar-refractivity contribution in [2.75, 3.05) is 31.6 Å². The van der Waals surface area contributed by atoms with E-state index in [0.717, 1.165) is 36.6 Å². The second kappa shape index (κ2) is 4.29. The van der Waals surface area contributed by atoms with Crippen molar-refractivity contribution in [3.8, 4) is 0 Å². The summed E-state index contributed by atoms with van der Waals surface area (Å²) in [5.74, 6) is 1.68. The third-order valence-electron chi connectivity index (χ3n) is 3.28. The molecule has 2 N–H and O–H groups in total. The first-order chi connectivity index (χ1) is 8.38. The van der Waals surface area contributed by atoms with Crippen LogP contribution in [-0.2, 0) is 0 Å². The summed E-state index contributed by atoms with van der Waals surface area (Å²) in [4.78, 5) is 18.1. The lowest BCUT2D eigenvalue weighted by atomic mass is 10.1. The van der Waals surface area contributed by atoms with E-state index >= 15 is 0 Å². The van der Waals surface area contributed by atoms with Crippen LogP contribution < -0.4 is 10.2 Å². The van der Waals surface area contributed by atoms with Gasteiger partial charge in [-0.15, -0.1) is 0 Å². The molecule has 0 aliphatic carbocycles. The molecule has 3 heterocycles. The molecule has 1 fully saturated rings. The molecule has 1 aliphatic rings. The van der Waals surface area contributed by atoms with E-state index in [4.69, 9.17) is 0 Å². The number of aromatic amines is 1. The zero-order valence-corrected chi connectivity index (χ0v) is 9.85. The summed E-state index contributed by atoms with van der Waals surface area (Å²) in [6.07, 6.45) is 4.47. The van der Waals surface area contributed by atoms with Crippen LogP contribution in [0.5, 0.6) is 0 Å². The Morgan fingerprint density at radius 1 is 1.47 bits per heavy atom. The Kier molecular flexibility index (Phi) is 2.64. The molecule has 1 atom stereocenters. The minimum absolute atomic E-state index is 0.702. The molecule has 3 rings (SSSR count). The normalized spacial score (nSPS) is 20.3. The molecule has 90 valence electrons. The molecule has 0 aromatic carbocycles. The maximum absolute atomic E-state index is 4.38. The number of nitrogens with zero attached hydrogens (tertiary/aromatic N) is 4. The fraction of sp³-hybridized carbons (Fsp3) is 0.545. The van der Waals surface area contributed by atoms with Gasteiger partial charge in [0.25, 0.3) is 0 Å². The van der Waals surface area contributed by atoms with Gasteiger partial charge in [-0.3, -0.25) is 0 Å². The van der Waals surface area contributed by atoms with Crippen molar-refractivity contribution in [3.63, 3.8) is 0 Å². The van der Waals surface area contributed by atoms with Crippen molar-refractivity contribution in [1.29, 1.82) is 0 Å². The number of rotatable bonds is 3. The summed E-state index contributed by atoms with van der Waals surface area (Å²) >= 11 is 0. The number of hydrogen-bond acceptors (Lipinski definition) is 5. The van der Waals surface area contributed by atoms with E-state index in [1.807, 2.05) is 7.05 Å². The molecule has 0 bridgehead atoms. The highest BCUT2D eigenvalue weighted by molar-refractivity contribution is 5.82. The van der Waals surface area contributed by atoms with E-state index in [0.29, 0.717) is 5.92 Å². The first-order valence-corrected chi connectivity index (χ1v) is 5.92. The molecule has 2 aromatic rings. The molecule has 6 nitrogen and oxygen atoms in total. The van der Waals surface area contributed by atoms with Crippen LogP contribution in [-0.4, -0.2) is 46.6 Å². The van der Waals surface area contributed by atoms with Gasteiger partial charge in [-0.1, -0.05) is 0 Å². The first-order valence-electron chi connectivity index (χ1n) is 5.92. The first kappa shape index (κ1) is 10.5. The molecule has 1 saturated heterocycles. The van der Waals surface area contributed by atoms with E-state index < -0.39 is 0 Å². The van der Waals surface area contributed by atoms with Gasteiger partial charge in [0.15, 0.2) is 11.5 Å². The number of anilines is 1. The van der Waals surface area contributed by atoms with E-state index in [-0.39, 0.29) is 0 Å². The van der Waals surface area contributed by atoms with Crippen LogP contribution in [0.1, 0.15) is 6.42 Å². The Morgan fingerprint density at radius 3 is 3.29 bits per heavy atom. The molecule has 0 radical (unpaired) electrons. The number of nitrogens with one attached hydrogen (secondary N) is 2. The molecule has 0 amide bonds. The number of H-pyrrole nitrogens is 1. The zero-order chi connectivity index (χ0) is 11.7. The maximum atomic E-state index is 4.38. The Labute approximate surface area is 99.5 Å². The molecule has 1 unspecified atom stereocenters. The summed E-state index contributed by atoms with van der Waals surface area (Å²) in [7, 11) is 2.00. The second-order valence-corrected chi connectivity index (χ2v) is 4.46. The standard InChI is InChI=1S/C11H16N6/c1-12-4-8-2-3-17(5-8)11-9-10(14-6-13-9)15-7-16-11/h6-8,12H,2-5H2,1H3,(H,13,14,15,16). The molecule has 0 spiro atoms. The summed E-state index contributed by atoms with van der Waals surface area (Å²) in [5, 5.41) is 3.23. The average molecular weight is 232 g/mol. The average Bonchev–Trinajstić information content (AvgIpc) is 2.96. The number of aromatic nitrogens is 4. The lowest BCUT2D eigenvalue weighted by Crippen LogP contribution is -2.25. The third kappa shape index (κ3) is 1.84. The van der Waals surface area contributed by atoms with Crippen molar-refractivity contribution in [1.82, 2.24) is 25.3 Å². The number of imidazole rings is 1. The van der Waals surface area contributed by atoms with Gasteiger partial charge < -0.3 is 15.2 Å². The minimum Gasteiger partial charge on any atom is -0.354 e. The van der Waals surface area contributed by atoms with Crippen molar-refractivity contribution in [3.05, 3.63) is 12.7 Å². The SMILES string of the molecule is CNCC1CCN(c2ncnc3nc[nH]c23)C1. The van der Waals surface area contributed by atoms with Gasteiger partial charge in [-0.2, -0.15) is 0 Å². The second-order valence-electron chi connectivity index (χ2n) is 4.46. The maximum Gasteiger partial charge on any atom is 0.182 e. The van der Waals surface area contributed by atoms with Crippen molar-refractivity contribution in [2.24, 2.45) is 5.92 Å². The van der Waals surface area contributed by atoms with E-state index in [1.165, 1.54) is 6.42 Å². The third-order valence-corrected chi connectivity index (χ3v) is 3.28. The summed E-state index contributed by atoms with van der Waals surface area (Å²) in [6, 6.07) is 0. The highest BCUT2D eigenvalue weighted by atomic mass is 15.2. The van der Waals surface area contributed by atoms with Gasteiger partial charge in [-0.05, 0) is 25.9 Å². The van der Waals surface area contributed by atoms with Gasteiger partial charge in [0.05, 0.1) is 6.33 Å². The Balaban J connectivity index is 1.87. The van der Waals surface area contributed by atoms with Crippen molar-refractivity contribution in [2.45, 2.75) is 6.42 Å². The largest absolute Gasteiger partial charge is 0.354 e. The monoisotopic (exact) mass is 232 g/mol. The number of hydrogen-bond donors (Lipinski definition) is 2. The summed E-state index contributed by atoms with van der Waals surface area (Å²) < 4.78 is 0. The molecular formula is C11H16N6. The van der Waals surface area contributed by atoms with Gasteiger partial charge in [0.2, 0.25) is 0 Å². The fourth-order valence-corrected chi connectivity index (χ4v) is 2.47. The highest BCUT2D eigenvalue weighted by Crippen LogP contribution is 2.25. The predicted molar refractivity (Wildman–Crippen MR) is 65.9 cm³/mol. The molecule has 1 aliphatic heterocycles. The fourth-order valence-electron chi connectivity index (χ4n) is 2.47. The van der Waals surface area contributed by atoms with Gasteiger partial charge in [0.1, 0.15) is 11.8 Å². The summed E-state index contributed by atoms with van der Waals surface area (Å²) in [5.41, 5.74) is 1.68. The Hall–Kier alpha value is -1.69.